The van der Waals surface area contributed by atoms with Crippen molar-refractivity contribution in [2.45, 2.75) is 41.0 Å². The maximum absolute atomic E-state index is 13.1. The Bertz CT molecular complexity index is 402. The summed E-state index contributed by atoms with van der Waals surface area (Å²) in [6, 6.07) is 6.82. The number of anilines is 1. The molecule has 0 aliphatic carbocycles. The maximum Gasteiger partial charge on any atom is 0.123 e. The Labute approximate surface area is 129 Å². The lowest BCUT2D eigenvalue weighted by Crippen LogP contribution is -2.43. The van der Waals surface area contributed by atoms with Gasteiger partial charge in [0.15, 0.2) is 0 Å². The molecule has 0 radical (unpaired) electrons. The van der Waals surface area contributed by atoms with Crippen molar-refractivity contribution in [1.82, 2.24) is 5.32 Å². The van der Waals surface area contributed by atoms with E-state index in [-0.39, 0.29) is 11.2 Å². The van der Waals surface area contributed by atoms with Crippen LogP contribution in [0, 0.1) is 17.2 Å². The molecule has 3 heteroatoms. The fourth-order valence-electron chi connectivity index (χ4n) is 2.45. The van der Waals surface area contributed by atoms with Crippen molar-refractivity contribution in [2.24, 2.45) is 11.3 Å². The van der Waals surface area contributed by atoms with Gasteiger partial charge in [0.25, 0.3) is 0 Å². The fourth-order valence-corrected chi connectivity index (χ4v) is 2.45. The summed E-state index contributed by atoms with van der Waals surface area (Å²) >= 11 is 0. The molecule has 0 aliphatic rings. The van der Waals surface area contributed by atoms with Crippen molar-refractivity contribution >= 4 is 5.69 Å². The van der Waals surface area contributed by atoms with Crippen LogP contribution in [0.4, 0.5) is 10.1 Å². The van der Waals surface area contributed by atoms with Gasteiger partial charge in [-0.05, 0) is 55.5 Å². The van der Waals surface area contributed by atoms with Crippen molar-refractivity contribution in [3.63, 3.8) is 0 Å². The molecule has 1 atom stereocenters. The molecule has 1 N–H and O–H groups in total. The summed E-state index contributed by atoms with van der Waals surface area (Å²) in [4.78, 5) is 2.33. The van der Waals surface area contributed by atoms with E-state index in [0.717, 1.165) is 38.3 Å². The van der Waals surface area contributed by atoms with E-state index >= 15 is 0 Å². The van der Waals surface area contributed by atoms with Crippen molar-refractivity contribution in [2.75, 3.05) is 31.1 Å². The van der Waals surface area contributed by atoms with Gasteiger partial charge in [0.2, 0.25) is 0 Å². The normalized spacial score (nSPS) is 14.2. The number of halogens is 1. The zero-order valence-corrected chi connectivity index (χ0v) is 14.2. The van der Waals surface area contributed by atoms with E-state index in [0.29, 0.717) is 5.92 Å². The first-order valence-corrected chi connectivity index (χ1v) is 8.11. The van der Waals surface area contributed by atoms with Crippen LogP contribution in [0.1, 0.15) is 41.0 Å². The van der Waals surface area contributed by atoms with Crippen molar-refractivity contribution < 1.29 is 4.39 Å². The third-order valence-electron chi connectivity index (χ3n) is 4.10. The number of hydrogen-bond acceptors (Lipinski definition) is 2. The van der Waals surface area contributed by atoms with Crippen LogP contribution >= 0.6 is 0 Å². The Balaban J connectivity index is 2.69. The van der Waals surface area contributed by atoms with Crippen LogP contribution in [0.3, 0.4) is 0 Å². The van der Waals surface area contributed by atoms with Crippen LogP contribution in [0.25, 0.3) is 0 Å². The van der Waals surface area contributed by atoms with Crippen molar-refractivity contribution in [1.29, 1.82) is 0 Å². The second kappa shape index (κ2) is 8.38. The second-order valence-electron chi connectivity index (χ2n) is 6.68. The Morgan fingerprint density at radius 1 is 1.19 bits per heavy atom. The highest BCUT2D eigenvalue weighted by atomic mass is 19.1. The van der Waals surface area contributed by atoms with Gasteiger partial charge < -0.3 is 10.2 Å². The van der Waals surface area contributed by atoms with E-state index in [4.69, 9.17) is 0 Å². The maximum atomic E-state index is 13.1. The highest BCUT2D eigenvalue weighted by Gasteiger charge is 2.25. The molecule has 1 aromatic rings. The number of rotatable bonds is 9. The predicted molar refractivity (Wildman–Crippen MR) is 90.4 cm³/mol. The molecule has 0 aromatic heterocycles. The van der Waals surface area contributed by atoms with E-state index in [9.17, 15) is 4.39 Å². The zero-order valence-electron chi connectivity index (χ0n) is 14.2. The summed E-state index contributed by atoms with van der Waals surface area (Å²) in [7, 11) is 0. The number of nitrogens with zero attached hydrogens (tertiary/aromatic N) is 1. The van der Waals surface area contributed by atoms with Crippen LogP contribution in [-0.2, 0) is 0 Å². The molecular weight excluding hydrogens is 263 g/mol. The third kappa shape index (κ3) is 6.04. The lowest BCUT2D eigenvalue weighted by Gasteiger charge is -2.36. The molecule has 1 aromatic carbocycles. The van der Waals surface area contributed by atoms with Crippen LogP contribution in [0.2, 0.25) is 0 Å². The quantitative estimate of drug-likeness (QED) is 0.730. The van der Waals surface area contributed by atoms with Crippen molar-refractivity contribution in [3.8, 4) is 0 Å². The summed E-state index contributed by atoms with van der Waals surface area (Å²) in [5, 5.41) is 3.58. The van der Waals surface area contributed by atoms with E-state index in [2.05, 4.69) is 44.8 Å². The molecular formula is C18H31FN2. The molecule has 1 unspecified atom stereocenters. The Hall–Kier alpha value is -1.09. The standard InChI is InChI=1S/C18H31FN2/c1-6-18(5,13-20-12-15(3)4)14-21(7-2)17-10-8-16(19)9-11-17/h8-11,15,20H,6-7,12-14H2,1-5H3. The highest BCUT2D eigenvalue weighted by Crippen LogP contribution is 2.25. The predicted octanol–water partition coefficient (Wildman–Crippen LogP) is 4.31. The minimum atomic E-state index is -0.174. The largest absolute Gasteiger partial charge is 0.371 e. The van der Waals surface area contributed by atoms with Gasteiger partial charge in [0.1, 0.15) is 5.82 Å². The van der Waals surface area contributed by atoms with Gasteiger partial charge >= 0.3 is 0 Å². The van der Waals surface area contributed by atoms with Crippen LogP contribution in [0.15, 0.2) is 24.3 Å². The number of nitrogens with one attached hydrogen (secondary N) is 1. The van der Waals surface area contributed by atoms with Crippen molar-refractivity contribution in [3.05, 3.63) is 30.1 Å². The SMILES string of the molecule is CCN(CC(C)(CC)CNCC(C)C)c1ccc(F)cc1. The first-order chi connectivity index (χ1) is 9.90. The molecule has 0 amide bonds. The molecule has 0 aliphatic heterocycles. The monoisotopic (exact) mass is 294 g/mol. The van der Waals surface area contributed by atoms with E-state index in [1.54, 1.807) is 0 Å². The minimum Gasteiger partial charge on any atom is -0.371 e. The molecule has 0 saturated carbocycles. The smallest absolute Gasteiger partial charge is 0.123 e. The zero-order chi connectivity index (χ0) is 15.9. The molecule has 120 valence electrons. The molecule has 0 bridgehead atoms. The van der Waals surface area contributed by atoms with Gasteiger partial charge in [-0.15, -0.1) is 0 Å². The fraction of sp³-hybridized carbons (Fsp3) is 0.667. The molecule has 0 spiro atoms. The Morgan fingerprint density at radius 2 is 1.81 bits per heavy atom. The van der Waals surface area contributed by atoms with Gasteiger partial charge in [-0.3, -0.25) is 0 Å². The van der Waals surface area contributed by atoms with Crippen LogP contribution in [-0.4, -0.2) is 26.2 Å². The average molecular weight is 294 g/mol. The lowest BCUT2D eigenvalue weighted by molar-refractivity contribution is 0.291. The minimum absolute atomic E-state index is 0.174. The van der Waals surface area contributed by atoms with Crippen LogP contribution in [0.5, 0.6) is 0 Å². The topological polar surface area (TPSA) is 15.3 Å². The molecule has 0 saturated heterocycles. The first kappa shape index (κ1) is 18.0. The third-order valence-corrected chi connectivity index (χ3v) is 4.10. The first-order valence-electron chi connectivity index (χ1n) is 8.11. The summed E-state index contributed by atoms with van der Waals surface area (Å²) < 4.78 is 13.1. The Kier molecular flexibility index (Phi) is 7.16. The van der Waals surface area contributed by atoms with E-state index in [1.807, 2.05) is 12.1 Å². The van der Waals surface area contributed by atoms with E-state index < -0.39 is 0 Å². The molecule has 1 rings (SSSR count). The van der Waals surface area contributed by atoms with Gasteiger partial charge in [0, 0.05) is 25.3 Å². The Morgan fingerprint density at radius 3 is 2.29 bits per heavy atom. The number of benzene rings is 1. The second-order valence-corrected chi connectivity index (χ2v) is 6.68. The van der Waals surface area contributed by atoms with Gasteiger partial charge in [-0.2, -0.15) is 0 Å². The molecule has 21 heavy (non-hydrogen) atoms. The molecule has 0 fully saturated rings. The average Bonchev–Trinajstić information content (AvgIpc) is 2.45. The summed E-state index contributed by atoms with van der Waals surface area (Å²) in [5.41, 5.74) is 1.32. The van der Waals surface area contributed by atoms with Crippen LogP contribution < -0.4 is 10.2 Å². The lowest BCUT2D eigenvalue weighted by atomic mass is 9.86. The molecule has 0 heterocycles. The van der Waals surface area contributed by atoms with E-state index in [1.165, 1.54) is 12.1 Å². The summed E-state index contributed by atoms with van der Waals surface area (Å²) in [5.74, 6) is 0.497. The number of hydrogen-bond donors (Lipinski definition) is 1. The van der Waals surface area contributed by atoms with Gasteiger partial charge in [-0.1, -0.05) is 27.7 Å². The molecule has 2 nitrogen and oxygen atoms in total. The van der Waals surface area contributed by atoms with Gasteiger partial charge in [-0.25, -0.2) is 4.39 Å². The van der Waals surface area contributed by atoms with Gasteiger partial charge in [0.05, 0.1) is 0 Å². The summed E-state index contributed by atoms with van der Waals surface area (Å²) in [6.45, 7) is 15.2. The summed E-state index contributed by atoms with van der Waals surface area (Å²) in [6.07, 6.45) is 1.12. The highest BCUT2D eigenvalue weighted by molar-refractivity contribution is 5.46.